The summed E-state index contributed by atoms with van der Waals surface area (Å²) in [6.07, 6.45) is -0.211. The van der Waals surface area contributed by atoms with E-state index in [9.17, 15) is 14.7 Å². The molecule has 2 rings (SSSR count). The first kappa shape index (κ1) is 19.5. The van der Waals surface area contributed by atoms with Crippen molar-refractivity contribution in [3.8, 4) is 5.75 Å². The predicted molar refractivity (Wildman–Crippen MR) is 98.1 cm³/mol. The average Bonchev–Trinajstić information content (AvgIpc) is 2.57. The lowest BCUT2D eigenvalue weighted by Crippen LogP contribution is -2.26. The third kappa shape index (κ3) is 6.24. The van der Waals surface area contributed by atoms with Gasteiger partial charge in [0, 0.05) is 0 Å². The van der Waals surface area contributed by atoms with E-state index in [1.54, 1.807) is 45.0 Å². The molecule has 0 aliphatic carbocycles. The second kappa shape index (κ2) is 8.52. The summed E-state index contributed by atoms with van der Waals surface area (Å²) in [5.74, 6) is -1.91. The van der Waals surface area contributed by atoms with Crippen molar-refractivity contribution in [3.05, 3.63) is 65.7 Å². The molecule has 0 spiro atoms. The van der Waals surface area contributed by atoms with Crippen LogP contribution in [0.2, 0.25) is 0 Å². The van der Waals surface area contributed by atoms with Gasteiger partial charge in [-0.2, -0.15) is 0 Å². The van der Waals surface area contributed by atoms with E-state index in [0.29, 0.717) is 17.9 Å². The second-order valence-corrected chi connectivity index (χ2v) is 7.02. The SMILES string of the molecule is CC(C)(C)OC(=O)C[C@@H](C(=O)O)c1ccc(OCc2ccccc2)cc1. The van der Waals surface area contributed by atoms with Crippen LogP contribution in [-0.2, 0) is 20.9 Å². The Morgan fingerprint density at radius 3 is 2.15 bits per heavy atom. The zero-order valence-electron chi connectivity index (χ0n) is 15.3. The lowest BCUT2D eigenvalue weighted by molar-refractivity contribution is -0.158. The molecule has 0 saturated carbocycles. The first-order valence-electron chi connectivity index (χ1n) is 8.46. The van der Waals surface area contributed by atoms with Gasteiger partial charge in [0.05, 0.1) is 12.3 Å². The highest BCUT2D eigenvalue weighted by Gasteiger charge is 2.26. The van der Waals surface area contributed by atoms with Crippen LogP contribution in [0.5, 0.6) is 5.75 Å². The molecule has 0 unspecified atom stereocenters. The number of ether oxygens (including phenoxy) is 2. The van der Waals surface area contributed by atoms with Crippen molar-refractivity contribution in [3.63, 3.8) is 0 Å². The molecule has 26 heavy (non-hydrogen) atoms. The Labute approximate surface area is 153 Å². The van der Waals surface area contributed by atoms with Crippen LogP contribution in [0.25, 0.3) is 0 Å². The Balaban J connectivity index is 2.01. The van der Waals surface area contributed by atoms with Crippen LogP contribution in [0.4, 0.5) is 0 Å². The number of hydrogen-bond donors (Lipinski definition) is 1. The van der Waals surface area contributed by atoms with Gasteiger partial charge in [0.1, 0.15) is 18.0 Å². The van der Waals surface area contributed by atoms with Crippen LogP contribution in [0, 0.1) is 0 Å². The van der Waals surface area contributed by atoms with Gasteiger partial charge in [-0.05, 0) is 44.0 Å². The fourth-order valence-corrected chi connectivity index (χ4v) is 2.43. The number of carboxylic acids is 1. The molecule has 0 heterocycles. The summed E-state index contributed by atoms with van der Waals surface area (Å²) >= 11 is 0. The highest BCUT2D eigenvalue weighted by molar-refractivity contribution is 5.83. The summed E-state index contributed by atoms with van der Waals surface area (Å²) in [6.45, 7) is 5.68. The zero-order valence-corrected chi connectivity index (χ0v) is 15.3. The van der Waals surface area contributed by atoms with Gasteiger partial charge in [-0.3, -0.25) is 9.59 Å². The van der Waals surface area contributed by atoms with Crippen LogP contribution < -0.4 is 4.74 Å². The van der Waals surface area contributed by atoms with Crippen molar-refractivity contribution < 1.29 is 24.2 Å². The molecule has 1 atom stereocenters. The monoisotopic (exact) mass is 356 g/mol. The van der Waals surface area contributed by atoms with Gasteiger partial charge in [-0.15, -0.1) is 0 Å². The quantitative estimate of drug-likeness (QED) is 0.754. The van der Waals surface area contributed by atoms with Gasteiger partial charge >= 0.3 is 11.9 Å². The molecule has 0 fully saturated rings. The van der Waals surface area contributed by atoms with E-state index in [2.05, 4.69) is 0 Å². The Morgan fingerprint density at radius 2 is 1.62 bits per heavy atom. The van der Waals surface area contributed by atoms with Crippen molar-refractivity contribution in [2.45, 2.75) is 45.3 Å². The van der Waals surface area contributed by atoms with Crippen LogP contribution in [0.1, 0.15) is 44.2 Å². The summed E-state index contributed by atoms with van der Waals surface area (Å²) in [5, 5.41) is 9.46. The van der Waals surface area contributed by atoms with Gasteiger partial charge in [-0.1, -0.05) is 42.5 Å². The number of carbonyl (C=O) groups is 2. The van der Waals surface area contributed by atoms with E-state index >= 15 is 0 Å². The van der Waals surface area contributed by atoms with Crippen molar-refractivity contribution >= 4 is 11.9 Å². The molecule has 0 amide bonds. The number of hydrogen-bond acceptors (Lipinski definition) is 4. The van der Waals surface area contributed by atoms with Crippen LogP contribution in [0.3, 0.4) is 0 Å². The van der Waals surface area contributed by atoms with Gasteiger partial charge in [0.25, 0.3) is 0 Å². The maximum Gasteiger partial charge on any atom is 0.311 e. The van der Waals surface area contributed by atoms with E-state index < -0.39 is 23.5 Å². The van der Waals surface area contributed by atoms with Gasteiger partial charge in [0.15, 0.2) is 0 Å². The number of benzene rings is 2. The molecule has 138 valence electrons. The predicted octanol–water partition coefficient (Wildman–Crippen LogP) is 4.17. The van der Waals surface area contributed by atoms with Crippen molar-refractivity contribution in [1.29, 1.82) is 0 Å². The maximum absolute atomic E-state index is 12.0. The molecule has 2 aromatic carbocycles. The van der Waals surface area contributed by atoms with Crippen molar-refractivity contribution in [2.75, 3.05) is 0 Å². The standard InChI is InChI=1S/C21H24O5/c1-21(2,3)26-19(22)13-18(20(23)24)16-9-11-17(12-10-16)25-14-15-7-5-4-6-8-15/h4-12,18H,13-14H2,1-3H3,(H,23,24)/t18-/m1/s1. The third-order valence-corrected chi connectivity index (χ3v) is 3.62. The first-order valence-corrected chi connectivity index (χ1v) is 8.46. The fraction of sp³-hybridized carbons (Fsp3) is 0.333. The molecule has 5 heteroatoms. The Bertz CT molecular complexity index is 729. The molecular weight excluding hydrogens is 332 g/mol. The minimum absolute atomic E-state index is 0.211. The second-order valence-electron chi connectivity index (χ2n) is 7.02. The maximum atomic E-state index is 12.0. The van der Waals surface area contributed by atoms with Crippen LogP contribution >= 0.6 is 0 Å². The van der Waals surface area contributed by atoms with Gasteiger partial charge in [-0.25, -0.2) is 0 Å². The largest absolute Gasteiger partial charge is 0.489 e. The topological polar surface area (TPSA) is 72.8 Å². The third-order valence-electron chi connectivity index (χ3n) is 3.62. The molecule has 0 aromatic heterocycles. The molecule has 5 nitrogen and oxygen atoms in total. The highest BCUT2D eigenvalue weighted by Crippen LogP contribution is 2.25. The average molecular weight is 356 g/mol. The number of aliphatic carboxylic acids is 1. The van der Waals surface area contributed by atoms with E-state index in [1.807, 2.05) is 30.3 Å². The highest BCUT2D eigenvalue weighted by atomic mass is 16.6. The molecule has 2 aromatic rings. The molecule has 0 saturated heterocycles. The number of rotatable bonds is 7. The lowest BCUT2D eigenvalue weighted by Gasteiger charge is -2.21. The van der Waals surface area contributed by atoms with Crippen molar-refractivity contribution in [1.82, 2.24) is 0 Å². The Kier molecular flexibility index (Phi) is 6.39. The summed E-state index contributed by atoms with van der Waals surface area (Å²) in [7, 11) is 0. The number of esters is 1. The lowest BCUT2D eigenvalue weighted by atomic mass is 9.95. The molecule has 0 aliphatic rings. The molecule has 0 aliphatic heterocycles. The summed E-state index contributed by atoms with van der Waals surface area (Å²) in [5.41, 5.74) is 0.940. The molecule has 1 N–H and O–H groups in total. The molecule has 0 radical (unpaired) electrons. The minimum atomic E-state index is -1.06. The molecular formula is C21H24O5. The van der Waals surface area contributed by atoms with Gasteiger partial charge in [0.2, 0.25) is 0 Å². The molecule has 0 bridgehead atoms. The van der Waals surface area contributed by atoms with E-state index in [1.165, 1.54) is 0 Å². The van der Waals surface area contributed by atoms with Crippen LogP contribution in [0.15, 0.2) is 54.6 Å². The van der Waals surface area contributed by atoms with E-state index in [0.717, 1.165) is 5.56 Å². The summed E-state index contributed by atoms with van der Waals surface area (Å²) in [6, 6.07) is 16.5. The Morgan fingerprint density at radius 1 is 1.00 bits per heavy atom. The normalized spacial score (nSPS) is 12.3. The van der Waals surface area contributed by atoms with Gasteiger partial charge < -0.3 is 14.6 Å². The first-order chi connectivity index (χ1) is 12.2. The number of carboxylic acid groups (broad SMARTS) is 1. The minimum Gasteiger partial charge on any atom is -0.489 e. The Hall–Kier alpha value is -2.82. The fourth-order valence-electron chi connectivity index (χ4n) is 2.43. The smallest absolute Gasteiger partial charge is 0.311 e. The summed E-state index contributed by atoms with van der Waals surface area (Å²) in [4.78, 5) is 23.5. The summed E-state index contributed by atoms with van der Waals surface area (Å²) < 4.78 is 10.9. The van der Waals surface area contributed by atoms with E-state index in [-0.39, 0.29) is 6.42 Å². The number of carbonyl (C=O) groups excluding carboxylic acids is 1. The van der Waals surface area contributed by atoms with Crippen LogP contribution in [-0.4, -0.2) is 22.6 Å². The van der Waals surface area contributed by atoms with E-state index in [4.69, 9.17) is 9.47 Å². The zero-order chi connectivity index (χ0) is 19.2. The van der Waals surface area contributed by atoms with Crippen molar-refractivity contribution in [2.24, 2.45) is 0 Å².